The first-order chi connectivity index (χ1) is 23.0. The molecule has 0 radical (unpaired) electrons. The Morgan fingerprint density at radius 2 is 1.71 bits per heavy atom. The summed E-state index contributed by atoms with van der Waals surface area (Å²) < 4.78 is 6.42. The third kappa shape index (κ3) is 10.3. The van der Waals surface area contributed by atoms with E-state index in [0.717, 1.165) is 25.7 Å². The summed E-state index contributed by atoms with van der Waals surface area (Å²) in [5, 5.41) is 18.8. The molecule has 5 amide bonds. The van der Waals surface area contributed by atoms with E-state index < -0.39 is 12.1 Å². The number of likely N-dealkylation sites (N-methyl/N-ethyl adjacent to an activating group) is 1. The lowest BCUT2D eigenvalue weighted by Crippen LogP contribution is -2.52. The minimum absolute atomic E-state index is 0.124. The number of nitrogens with one attached hydrogen (secondary N) is 3. The van der Waals surface area contributed by atoms with Gasteiger partial charge >= 0.3 is 6.03 Å². The van der Waals surface area contributed by atoms with Crippen LogP contribution in [0.4, 0.5) is 21.9 Å². The molecule has 3 atom stereocenters. The maximum absolute atomic E-state index is 13.8. The zero-order chi connectivity index (χ0) is 34.6. The highest BCUT2D eigenvalue weighted by Gasteiger charge is 2.34. The normalized spacial score (nSPS) is 18.8. The van der Waals surface area contributed by atoms with Gasteiger partial charge in [0, 0.05) is 44.1 Å². The van der Waals surface area contributed by atoms with Crippen LogP contribution in [0.25, 0.3) is 0 Å². The van der Waals surface area contributed by atoms with Crippen LogP contribution in [-0.4, -0.2) is 83.6 Å². The Morgan fingerprint density at radius 3 is 2.40 bits per heavy atom. The van der Waals surface area contributed by atoms with Crippen molar-refractivity contribution in [1.29, 1.82) is 0 Å². The number of ether oxygens (including phenoxy) is 1. The Bertz CT molecular complexity index is 1410. The van der Waals surface area contributed by atoms with Crippen LogP contribution in [0.3, 0.4) is 0 Å². The smallest absolute Gasteiger partial charge is 0.317 e. The summed E-state index contributed by atoms with van der Waals surface area (Å²) in [6, 6.07) is 11.7. The number of nitrogens with zero attached hydrogens (tertiary/aromatic N) is 2. The number of hydrogen-bond donors (Lipinski definition) is 5. The first-order valence-corrected chi connectivity index (χ1v) is 17.2. The Kier molecular flexibility index (Phi) is 13.5. The summed E-state index contributed by atoms with van der Waals surface area (Å²) in [6.07, 6.45) is 7.52. The average molecular weight is 665 g/mol. The van der Waals surface area contributed by atoms with Crippen molar-refractivity contribution in [2.45, 2.75) is 96.2 Å². The van der Waals surface area contributed by atoms with Gasteiger partial charge in [0.15, 0.2) is 0 Å². The Morgan fingerprint density at radius 1 is 1.02 bits per heavy atom. The maximum atomic E-state index is 13.8. The molecule has 0 spiro atoms. The van der Waals surface area contributed by atoms with Gasteiger partial charge in [-0.2, -0.15) is 0 Å². The van der Waals surface area contributed by atoms with Crippen LogP contribution >= 0.6 is 0 Å². The van der Waals surface area contributed by atoms with Gasteiger partial charge < -0.3 is 41.3 Å². The highest BCUT2D eigenvalue weighted by atomic mass is 16.5. The zero-order valence-electron chi connectivity index (χ0n) is 28.5. The van der Waals surface area contributed by atoms with Crippen LogP contribution in [0.1, 0.15) is 88.4 Å². The molecule has 0 saturated heterocycles. The van der Waals surface area contributed by atoms with Crippen LogP contribution in [0.15, 0.2) is 42.5 Å². The quantitative estimate of drug-likeness (QED) is 0.149. The number of para-hydroxylation sites is 2. The molecule has 12 heteroatoms. The number of unbranched alkanes of at least 4 members (excludes halogenated alkanes) is 2. The Hall–Kier alpha value is -4.32. The average Bonchev–Trinajstić information content (AvgIpc) is 3.07. The zero-order valence-corrected chi connectivity index (χ0v) is 28.5. The summed E-state index contributed by atoms with van der Waals surface area (Å²) >= 11 is 0. The molecule has 48 heavy (non-hydrogen) atoms. The number of carbonyl (C=O) groups is 4. The molecule has 12 nitrogen and oxygen atoms in total. The molecule has 1 heterocycles. The first kappa shape index (κ1) is 36.5. The molecule has 1 aliphatic carbocycles. The molecule has 2 aromatic carbocycles. The van der Waals surface area contributed by atoms with Gasteiger partial charge in [-0.1, -0.05) is 44.7 Å². The van der Waals surface area contributed by atoms with Crippen molar-refractivity contribution in [1.82, 2.24) is 15.1 Å². The third-order valence-corrected chi connectivity index (χ3v) is 9.22. The largest absolute Gasteiger partial charge is 0.487 e. The number of urea groups is 1. The second kappa shape index (κ2) is 17.7. The van der Waals surface area contributed by atoms with Gasteiger partial charge in [-0.25, -0.2) is 4.79 Å². The number of nitrogen functional groups attached to an aromatic ring is 1. The van der Waals surface area contributed by atoms with Crippen molar-refractivity contribution in [3.63, 3.8) is 0 Å². The van der Waals surface area contributed by atoms with Crippen molar-refractivity contribution in [3.05, 3.63) is 48.0 Å². The first-order valence-electron chi connectivity index (χ1n) is 17.2. The van der Waals surface area contributed by atoms with E-state index in [-0.39, 0.29) is 54.3 Å². The Balaban J connectivity index is 1.34. The maximum Gasteiger partial charge on any atom is 0.317 e. The van der Waals surface area contributed by atoms with E-state index in [4.69, 9.17) is 10.5 Å². The fourth-order valence-electron chi connectivity index (χ4n) is 6.20. The molecular weight excluding hydrogens is 612 g/mol. The van der Waals surface area contributed by atoms with Gasteiger partial charge in [-0.05, 0) is 62.9 Å². The molecule has 0 bridgehead atoms. The standard InChI is InChI=1S/C36H52N6O6/c1-24-21-42(25(2)23-43)35(46)28-20-27(38-33(44)16-8-5-9-17-34(45)40-30-15-11-10-14-29(30)37)18-19-31(28)48-32(24)22-41(3)36(47)39-26-12-6-4-7-13-26/h10-11,14-15,18-20,24-26,32,43H,4-9,12-13,16-17,21-23,37H2,1-3H3,(H,38,44)(H,39,47)(H,40,45)/t24-,25+,32+/m0/s1. The lowest BCUT2D eigenvalue weighted by molar-refractivity contribution is -0.116. The van der Waals surface area contributed by atoms with Crippen molar-refractivity contribution >= 4 is 40.8 Å². The van der Waals surface area contributed by atoms with Crippen molar-refractivity contribution in [2.24, 2.45) is 5.92 Å². The van der Waals surface area contributed by atoms with Crippen LogP contribution < -0.4 is 26.4 Å². The number of aliphatic hydroxyl groups excluding tert-OH is 1. The number of carbonyl (C=O) groups excluding carboxylic acids is 4. The molecule has 1 fully saturated rings. The number of benzene rings is 2. The van der Waals surface area contributed by atoms with E-state index in [1.165, 1.54) is 6.42 Å². The van der Waals surface area contributed by atoms with Crippen molar-refractivity contribution < 1.29 is 29.0 Å². The van der Waals surface area contributed by atoms with Gasteiger partial charge in [0.2, 0.25) is 11.8 Å². The highest BCUT2D eigenvalue weighted by molar-refractivity contribution is 6.00. The molecule has 4 rings (SSSR count). The molecule has 262 valence electrons. The summed E-state index contributed by atoms with van der Waals surface area (Å²) in [5.74, 6) is -0.398. The fourth-order valence-corrected chi connectivity index (χ4v) is 6.20. The molecule has 1 saturated carbocycles. The van der Waals surface area contributed by atoms with Crippen LogP contribution in [-0.2, 0) is 9.59 Å². The van der Waals surface area contributed by atoms with E-state index in [1.807, 2.05) is 13.0 Å². The number of rotatable bonds is 13. The fraction of sp³-hybridized carbons (Fsp3) is 0.556. The number of amides is 5. The topological polar surface area (TPSA) is 166 Å². The third-order valence-electron chi connectivity index (χ3n) is 9.22. The van der Waals surface area contributed by atoms with E-state index >= 15 is 0 Å². The lowest BCUT2D eigenvalue weighted by atomic mass is 9.96. The van der Waals surface area contributed by atoms with Crippen molar-refractivity contribution in [2.75, 3.05) is 43.1 Å². The summed E-state index contributed by atoms with van der Waals surface area (Å²) in [6.45, 7) is 4.21. The van der Waals surface area contributed by atoms with Gasteiger partial charge in [0.05, 0.1) is 36.1 Å². The van der Waals surface area contributed by atoms with E-state index in [1.54, 1.807) is 60.2 Å². The Labute approximate surface area is 283 Å². The highest BCUT2D eigenvalue weighted by Crippen LogP contribution is 2.31. The molecule has 2 aromatic rings. The number of fused-ring (bicyclic) bond motifs is 1. The van der Waals surface area contributed by atoms with Crippen LogP contribution in [0, 0.1) is 5.92 Å². The second-order valence-electron chi connectivity index (χ2n) is 13.2. The predicted molar refractivity (Wildman–Crippen MR) is 187 cm³/mol. The summed E-state index contributed by atoms with van der Waals surface area (Å²) in [5.41, 5.74) is 7.72. The van der Waals surface area contributed by atoms with Crippen LogP contribution in [0.5, 0.6) is 5.75 Å². The SMILES string of the molecule is C[C@H](CO)N1C[C@H](C)[C@@H](CN(C)C(=O)NC2CCCCC2)Oc2ccc(NC(=O)CCCCCC(=O)Nc3ccccc3N)cc2C1=O. The number of nitrogens with two attached hydrogens (primary N) is 1. The number of aliphatic hydroxyl groups is 1. The van der Waals surface area contributed by atoms with Crippen molar-refractivity contribution in [3.8, 4) is 5.75 Å². The predicted octanol–water partition coefficient (Wildman–Crippen LogP) is 4.99. The van der Waals surface area contributed by atoms with Gasteiger partial charge in [-0.15, -0.1) is 0 Å². The summed E-state index contributed by atoms with van der Waals surface area (Å²) in [7, 11) is 1.75. The molecule has 1 aliphatic heterocycles. The van der Waals surface area contributed by atoms with Gasteiger partial charge in [-0.3, -0.25) is 14.4 Å². The minimum Gasteiger partial charge on any atom is -0.487 e. The second-order valence-corrected chi connectivity index (χ2v) is 13.2. The van der Waals surface area contributed by atoms with E-state index in [9.17, 15) is 24.3 Å². The minimum atomic E-state index is -0.441. The molecule has 0 unspecified atom stereocenters. The van der Waals surface area contributed by atoms with Gasteiger partial charge in [0.1, 0.15) is 11.9 Å². The molecule has 2 aliphatic rings. The molecule has 0 aromatic heterocycles. The number of hydrogen-bond acceptors (Lipinski definition) is 7. The molecular formula is C36H52N6O6. The van der Waals surface area contributed by atoms with E-state index in [0.29, 0.717) is 61.6 Å². The number of anilines is 3. The lowest BCUT2D eigenvalue weighted by Gasteiger charge is -2.38. The molecule has 6 N–H and O–H groups in total. The summed E-state index contributed by atoms with van der Waals surface area (Å²) in [4.78, 5) is 55.1. The van der Waals surface area contributed by atoms with Gasteiger partial charge in [0.25, 0.3) is 5.91 Å². The van der Waals surface area contributed by atoms with E-state index in [2.05, 4.69) is 16.0 Å². The monoisotopic (exact) mass is 664 g/mol. The van der Waals surface area contributed by atoms with Crippen LogP contribution in [0.2, 0.25) is 0 Å².